The van der Waals surface area contributed by atoms with E-state index in [0.717, 1.165) is 4.47 Å². The Balaban J connectivity index is 2.07. The van der Waals surface area contributed by atoms with Crippen molar-refractivity contribution in [2.24, 2.45) is 0 Å². The maximum absolute atomic E-state index is 13.1. The molecule has 102 valence electrons. The Labute approximate surface area is 124 Å². The second-order valence-corrected chi connectivity index (χ2v) is 5.17. The molecule has 2 aromatic carbocycles. The van der Waals surface area contributed by atoms with E-state index in [-0.39, 0.29) is 12.4 Å². The smallest absolute Gasteiger partial charge is 0.123 e. The number of anilines is 1. The number of halogens is 2. The Hall–Kier alpha value is -1.90. The zero-order valence-electron chi connectivity index (χ0n) is 10.5. The van der Waals surface area contributed by atoms with E-state index in [4.69, 9.17) is 5.26 Å². The lowest BCUT2D eigenvalue weighted by molar-refractivity contribution is 0.191. The van der Waals surface area contributed by atoms with Crippen molar-refractivity contribution >= 4 is 21.6 Å². The summed E-state index contributed by atoms with van der Waals surface area (Å²) < 4.78 is 13.9. The highest BCUT2D eigenvalue weighted by Gasteiger charge is 2.09. The Kier molecular flexibility index (Phi) is 4.72. The predicted molar refractivity (Wildman–Crippen MR) is 78.7 cm³/mol. The van der Waals surface area contributed by atoms with Crippen LogP contribution in [0.15, 0.2) is 46.9 Å². The second-order valence-electron chi connectivity index (χ2n) is 4.25. The first kappa shape index (κ1) is 14.5. The zero-order valence-corrected chi connectivity index (χ0v) is 12.1. The molecule has 0 bridgehead atoms. The molecule has 5 heteroatoms. The van der Waals surface area contributed by atoms with Gasteiger partial charge in [-0.1, -0.05) is 28.1 Å². The molecular weight excluding hydrogens is 323 g/mol. The molecule has 3 nitrogen and oxygen atoms in total. The van der Waals surface area contributed by atoms with E-state index < -0.39 is 6.10 Å². The summed E-state index contributed by atoms with van der Waals surface area (Å²) in [6.45, 7) is 0.194. The van der Waals surface area contributed by atoms with Gasteiger partial charge in [-0.05, 0) is 35.9 Å². The van der Waals surface area contributed by atoms with Gasteiger partial charge >= 0.3 is 0 Å². The molecule has 0 saturated heterocycles. The number of aliphatic hydroxyl groups excluding tert-OH is 1. The lowest BCUT2D eigenvalue weighted by Crippen LogP contribution is -2.13. The summed E-state index contributed by atoms with van der Waals surface area (Å²) in [4.78, 5) is 0. The van der Waals surface area contributed by atoms with Crippen LogP contribution in [-0.2, 0) is 0 Å². The van der Waals surface area contributed by atoms with E-state index in [9.17, 15) is 9.50 Å². The van der Waals surface area contributed by atoms with Crippen molar-refractivity contribution in [2.75, 3.05) is 11.9 Å². The maximum Gasteiger partial charge on any atom is 0.123 e. The molecule has 2 N–H and O–H groups in total. The molecule has 0 spiro atoms. The number of nitrogens with one attached hydrogen (secondary N) is 1. The molecule has 0 fully saturated rings. The average Bonchev–Trinajstić information content (AvgIpc) is 2.45. The van der Waals surface area contributed by atoms with E-state index in [1.54, 1.807) is 30.3 Å². The quantitative estimate of drug-likeness (QED) is 0.898. The summed E-state index contributed by atoms with van der Waals surface area (Å²) >= 11 is 3.29. The summed E-state index contributed by atoms with van der Waals surface area (Å²) in [5.74, 6) is -0.386. The van der Waals surface area contributed by atoms with Gasteiger partial charge in [0.1, 0.15) is 11.9 Å². The Morgan fingerprint density at radius 2 is 2.10 bits per heavy atom. The summed E-state index contributed by atoms with van der Waals surface area (Å²) in [6.07, 6.45) is -0.846. The maximum atomic E-state index is 13.1. The lowest BCUT2D eigenvalue weighted by Gasteiger charge is -2.14. The molecule has 0 aliphatic heterocycles. The molecule has 1 atom stereocenters. The van der Waals surface area contributed by atoms with Crippen LogP contribution in [0.4, 0.5) is 10.1 Å². The molecule has 20 heavy (non-hydrogen) atoms. The molecule has 1 unspecified atom stereocenters. The van der Waals surface area contributed by atoms with Crippen molar-refractivity contribution in [2.45, 2.75) is 6.10 Å². The number of hydrogen-bond donors (Lipinski definition) is 2. The van der Waals surface area contributed by atoms with Gasteiger partial charge in [-0.25, -0.2) is 4.39 Å². The van der Waals surface area contributed by atoms with E-state index in [1.165, 1.54) is 12.1 Å². The highest BCUT2D eigenvalue weighted by molar-refractivity contribution is 9.10. The SMILES string of the molecule is N#Cc1cc(Br)ccc1NCC(O)c1cccc(F)c1. The van der Waals surface area contributed by atoms with E-state index in [2.05, 4.69) is 27.3 Å². The van der Waals surface area contributed by atoms with E-state index in [0.29, 0.717) is 16.8 Å². The number of hydrogen-bond acceptors (Lipinski definition) is 3. The van der Waals surface area contributed by atoms with E-state index >= 15 is 0 Å². The van der Waals surface area contributed by atoms with Gasteiger partial charge in [-0.3, -0.25) is 0 Å². The number of nitriles is 1. The van der Waals surface area contributed by atoms with Gasteiger partial charge < -0.3 is 10.4 Å². The first-order valence-electron chi connectivity index (χ1n) is 5.97. The Morgan fingerprint density at radius 3 is 2.80 bits per heavy atom. The fourth-order valence-electron chi connectivity index (χ4n) is 1.80. The zero-order chi connectivity index (χ0) is 14.5. The minimum atomic E-state index is -0.846. The van der Waals surface area contributed by atoms with Crippen LogP contribution in [0.3, 0.4) is 0 Å². The van der Waals surface area contributed by atoms with Gasteiger partial charge in [-0.15, -0.1) is 0 Å². The number of rotatable bonds is 4. The van der Waals surface area contributed by atoms with Crippen LogP contribution in [0.5, 0.6) is 0 Å². The molecule has 2 rings (SSSR count). The van der Waals surface area contributed by atoms with Gasteiger partial charge in [0.15, 0.2) is 0 Å². The van der Waals surface area contributed by atoms with Gasteiger partial charge in [0.05, 0.1) is 17.4 Å². The molecule has 0 aliphatic carbocycles. The molecule has 0 radical (unpaired) electrons. The second kappa shape index (κ2) is 6.51. The molecule has 0 saturated carbocycles. The van der Waals surface area contributed by atoms with Crippen LogP contribution in [-0.4, -0.2) is 11.7 Å². The number of benzene rings is 2. The first-order valence-corrected chi connectivity index (χ1v) is 6.76. The molecule has 0 aromatic heterocycles. The van der Waals surface area contributed by atoms with Crippen LogP contribution >= 0.6 is 15.9 Å². The summed E-state index contributed by atoms with van der Waals surface area (Å²) in [6, 6.07) is 13.1. The monoisotopic (exact) mass is 334 g/mol. The molecule has 2 aromatic rings. The van der Waals surface area contributed by atoms with Gasteiger partial charge in [0.25, 0.3) is 0 Å². The van der Waals surface area contributed by atoms with Gasteiger partial charge in [0.2, 0.25) is 0 Å². The third kappa shape index (κ3) is 3.56. The van der Waals surface area contributed by atoms with Crippen molar-refractivity contribution in [3.8, 4) is 6.07 Å². The van der Waals surface area contributed by atoms with Crippen molar-refractivity contribution < 1.29 is 9.50 Å². The third-order valence-electron chi connectivity index (χ3n) is 2.82. The van der Waals surface area contributed by atoms with Crippen LogP contribution < -0.4 is 5.32 Å². The summed E-state index contributed by atoms with van der Waals surface area (Å²) in [5, 5.41) is 22.0. The Morgan fingerprint density at radius 1 is 1.30 bits per heavy atom. The highest BCUT2D eigenvalue weighted by atomic mass is 79.9. The molecule has 0 heterocycles. The molecular formula is C15H12BrFN2O. The van der Waals surface area contributed by atoms with Crippen molar-refractivity contribution in [3.05, 3.63) is 63.9 Å². The fraction of sp³-hybridized carbons (Fsp3) is 0.133. The van der Waals surface area contributed by atoms with Crippen molar-refractivity contribution in [1.29, 1.82) is 5.26 Å². The summed E-state index contributed by atoms with van der Waals surface area (Å²) in [7, 11) is 0. The van der Waals surface area contributed by atoms with Crippen LogP contribution in [0.1, 0.15) is 17.2 Å². The number of nitrogens with zero attached hydrogens (tertiary/aromatic N) is 1. The predicted octanol–water partition coefficient (Wildman–Crippen LogP) is 3.61. The van der Waals surface area contributed by atoms with Gasteiger partial charge in [0, 0.05) is 11.0 Å². The number of aliphatic hydroxyl groups is 1. The lowest BCUT2D eigenvalue weighted by atomic mass is 10.1. The largest absolute Gasteiger partial charge is 0.387 e. The molecule has 0 amide bonds. The average molecular weight is 335 g/mol. The standard InChI is InChI=1S/C15H12BrFN2O/c16-12-4-5-14(11(6-12)8-18)19-9-15(20)10-2-1-3-13(17)7-10/h1-7,15,19-20H,9H2. The minimum absolute atomic E-state index is 0.194. The highest BCUT2D eigenvalue weighted by Crippen LogP contribution is 2.21. The van der Waals surface area contributed by atoms with Crippen LogP contribution in [0.25, 0.3) is 0 Å². The summed E-state index contributed by atoms with van der Waals surface area (Å²) in [5.41, 5.74) is 1.60. The van der Waals surface area contributed by atoms with Crippen molar-refractivity contribution in [3.63, 3.8) is 0 Å². The van der Waals surface area contributed by atoms with Gasteiger partial charge in [-0.2, -0.15) is 5.26 Å². The fourth-order valence-corrected chi connectivity index (χ4v) is 2.16. The first-order chi connectivity index (χ1) is 9.60. The van der Waals surface area contributed by atoms with E-state index in [1.807, 2.05) is 0 Å². The molecule has 0 aliphatic rings. The van der Waals surface area contributed by atoms with Crippen LogP contribution in [0, 0.1) is 17.1 Å². The minimum Gasteiger partial charge on any atom is -0.387 e. The van der Waals surface area contributed by atoms with Crippen molar-refractivity contribution in [1.82, 2.24) is 0 Å². The third-order valence-corrected chi connectivity index (χ3v) is 3.31. The topological polar surface area (TPSA) is 56.0 Å². The normalized spacial score (nSPS) is 11.7. The van der Waals surface area contributed by atoms with Crippen LogP contribution in [0.2, 0.25) is 0 Å². The Bertz CT molecular complexity index is 655.